The Morgan fingerprint density at radius 3 is 2.28 bits per heavy atom. The molecule has 2 N–H and O–H groups in total. The maximum absolute atomic E-state index is 13.4. The van der Waals surface area contributed by atoms with E-state index in [1.807, 2.05) is 25.9 Å². The molecule has 102 valence electrons. The van der Waals surface area contributed by atoms with Gasteiger partial charge < -0.3 is 15.3 Å². The first-order valence-electron chi connectivity index (χ1n) is 5.92. The van der Waals surface area contributed by atoms with Crippen molar-refractivity contribution in [3.05, 3.63) is 35.4 Å². The van der Waals surface area contributed by atoms with E-state index in [0.717, 1.165) is 12.1 Å². The molecule has 0 radical (unpaired) electrons. The Bertz CT molecular complexity index is 365. The third-order valence-electron chi connectivity index (χ3n) is 2.99. The average Bonchev–Trinajstić information content (AvgIpc) is 2.28. The maximum atomic E-state index is 13.4. The SMILES string of the molecule is CC(CNCC(O)c1c(F)cccc1F)N(C)C. The third-order valence-corrected chi connectivity index (χ3v) is 2.99. The number of rotatable bonds is 6. The van der Waals surface area contributed by atoms with Crippen LogP contribution >= 0.6 is 0 Å². The van der Waals surface area contributed by atoms with Gasteiger partial charge in [-0.25, -0.2) is 8.78 Å². The minimum atomic E-state index is -1.18. The lowest BCUT2D eigenvalue weighted by molar-refractivity contribution is 0.161. The summed E-state index contributed by atoms with van der Waals surface area (Å²) < 4.78 is 26.8. The Morgan fingerprint density at radius 1 is 1.22 bits per heavy atom. The van der Waals surface area contributed by atoms with Crippen LogP contribution in [0.2, 0.25) is 0 Å². The average molecular weight is 258 g/mol. The van der Waals surface area contributed by atoms with Gasteiger partial charge in [-0.15, -0.1) is 0 Å². The maximum Gasteiger partial charge on any atom is 0.131 e. The normalized spacial score (nSPS) is 14.8. The van der Waals surface area contributed by atoms with Crippen molar-refractivity contribution in [1.29, 1.82) is 0 Å². The number of nitrogens with zero attached hydrogens (tertiary/aromatic N) is 1. The number of aliphatic hydroxyl groups is 1. The quantitative estimate of drug-likeness (QED) is 0.812. The van der Waals surface area contributed by atoms with Crippen LogP contribution in [0.25, 0.3) is 0 Å². The number of nitrogens with one attached hydrogen (secondary N) is 1. The number of aliphatic hydroxyl groups excluding tert-OH is 1. The molecule has 0 heterocycles. The van der Waals surface area contributed by atoms with Gasteiger partial charge in [0.1, 0.15) is 11.6 Å². The molecule has 18 heavy (non-hydrogen) atoms. The van der Waals surface area contributed by atoms with Crippen LogP contribution < -0.4 is 5.32 Å². The monoisotopic (exact) mass is 258 g/mol. The summed E-state index contributed by atoms with van der Waals surface area (Å²) in [6, 6.07) is 3.85. The Kier molecular flexibility index (Phi) is 5.65. The molecular weight excluding hydrogens is 238 g/mol. The van der Waals surface area contributed by atoms with Crippen molar-refractivity contribution in [2.45, 2.75) is 19.1 Å². The number of hydrogen-bond donors (Lipinski definition) is 2. The smallest absolute Gasteiger partial charge is 0.131 e. The summed E-state index contributed by atoms with van der Waals surface area (Å²) in [6.07, 6.45) is -1.18. The summed E-state index contributed by atoms with van der Waals surface area (Å²) in [6.45, 7) is 2.78. The van der Waals surface area contributed by atoms with E-state index in [9.17, 15) is 13.9 Å². The molecule has 3 nitrogen and oxygen atoms in total. The van der Waals surface area contributed by atoms with Crippen LogP contribution in [-0.2, 0) is 0 Å². The van der Waals surface area contributed by atoms with Crippen LogP contribution in [0.3, 0.4) is 0 Å². The Hall–Kier alpha value is -1.04. The Morgan fingerprint density at radius 2 is 1.78 bits per heavy atom. The molecule has 0 aliphatic carbocycles. The van der Waals surface area contributed by atoms with Crippen molar-refractivity contribution in [3.8, 4) is 0 Å². The van der Waals surface area contributed by atoms with Gasteiger partial charge in [0.25, 0.3) is 0 Å². The van der Waals surface area contributed by atoms with Gasteiger partial charge in [-0.2, -0.15) is 0 Å². The third kappa shape index (κ3) is 4.01. The molecule has 2 unspecified atom stereocenters. The Balaban J connectivity index is 2.53. The van der Waals surface area contributed by atoms with Crippen LogP contribution in [0.15, 0.2) is 18.2 Å². The Labute approximate surface area is 106 Å². The molecule has 0 aliphatic heterocycles. The fraction of sp³-hybridized carbons (Fsp3) is 0.538. The van der Waals surface area contributed by atoms with Crippen LogP contribution in [0.1, 0.15) is 18.6 Å². The van der Waals surface area contributed by atoms with Gasteiger partial charge in [0, 0.05) is 19.1 Å². The zero-order valence-electron chi connectivity index (χ0n) is 11.0. The fourth-order valence-electron chi connectivity index (χ4n) is 1.54. The number of halogens is 2. The highest BCUT2D eigenvalue weighted by atomic mass is 19.1. The summed E-state index contributed by atoms with van der Waals surface area (Å²) in [5, 5.41) is 12.8. The van der Waals surface area contributed by atoms with Crippen LogP contribution in [0.4, 0.5) is 8.78 Å². The highest BCUT2D eigenvalue weighted by Crippen LogP contribution is 2.19. The van der Waals surface area contributed by atoms with Crippen molar-refractivity contribution >= 4 is 0 Å². The van der Waals surface area contributed by atoms with E-state index in [2.05, 4.69) is 5.32 Å². The van der Waals surface area contributed by atoms with Gasteiger partial charge in [-0.1, -0.05) is 6.07 Å². The van der Waals surface area contributed by atoms with Crippen LogP contribution in [0, 0.1) is 11.6 Å². The molecule has 0 amide bonds. The molecule has 0 bridgehead atoms. The van der Waals surface area contributed by atoms with Crippen molar-refractivity contribution in [2.75, 3.05) is 27.2 Å². The van der Waals surface area contributed by atoms with Gasteiger partial charge in [0.05, 0.1) is 11.7 Å². The minimum absolute atomic E-state index is 0.121. The summed E-state index contributed by atoms with van der Waals surface area (Å²) >= 11 is 0. The first-order valence-corrected chi connectivity index (χ1v) is 5.92. The van der Waals surface area contributed by atoms with E-state index in [1.54, 1.807) is 0 Å². The number of benzene rings is 1. The second kappa shape index (κ2) is 6.78. The first-order chi connectivity index (χ1) is 8.43. The lowest BCUT2D eigenvalue weighted by atomic mass is 10.1. The predicted molar refractivity (Wildman–Crippen MR) is 67.3 cm³/mol. The predicted octanol–water partition coefficient (Wildman–Crippen LogP) is 1.54. The molecule has 2 atom stereocenters. The van der Waals surface area contributed by atoms with Crippen molar-refractivity contribution < 1.29 is 13.9 Å². The number of likely N-dealkylation sites (N-methyl/N-ethyl adjacent to an activating group) is 1. The zero-order chi connectivity index (χ0) is 13.7. The van der Waals surface area contributed by atoms with Gasteiger partial charge in [0.2, 0.25) is 0 Å². The van der Waals surface area contributed by atoms with Crippen molar-refractivity contribution in [1.82, 2.24) is 10.2 Å². The second-order valence-corrected chi connectivity index (χ2v) is 4.62. The van der Waals surface area contributed by atoms with Crippen LogP contribution in [0.5, 0.6) is 0 Å². The van der Waals surface area contributed by atoms with Gasteiger partial charge in [-0.3, -0.25) is 0 Å². The van der Waals surface area contributed by atoms with Crippen LogP contribution in [-0.4, -0.2) is 43.2 Å². The van der Waals surface area contributed by atoms with E-state index in [4.69, 9.17) is 0 Å². The summed E-state index contributed by atoms with van der Waals surface area (Å²) in [5.74, 6) is -1.44. The van der Waals surface area contributed by atoms with E-state index < -0.39 is 17.7 Å². The van der Waals surface area contributed by atoms with E-state index in [1.165, 1.54) is 6.07 Å². The molecule has 0 saturated heterocycles. The molecular formula is C13H20F2N2O. The van der Waals surface area contributed by atoms with Gasteiger partial charge >= 0.3 is 0 Å². The van der Waals surface area contributed by atoms with Gasteiger partial charge in [0.15, 0.2) is 0 Å². The molecule has 1 aromatic carbocycles. The lowest BCUT2D eigenvalue weighted by Crippen LogP contribution is -2.37. The highest BCUT2D eigenvalue weighted by Gasteiger charge is 2.17. The molecule has 1 rings (SSSR count). The van der Waals surface area contributed by atoms with Crippen molar-refractivity contribution in [2.24, 2.45) is 0 Å². The standard InChI is InChI=1S/C13H20F2N2O/c1-9(17(2)3)7-16-8-12(18)13-10(14)5-4-6-11(13)15/h4-6,9,12,16,18H,7-8H2,1-3H3. The van der Waals surface area contributed by atoms with Gasteiger partial charge in [-0.05, 0) is 33.2 Å². The van der Waals surface area contributed by atoms with E-state index >= 15 is 0 Å². The first kappa shape index (κ1) is 15.0. The van der Waals surface area contributed by atoms with E-state index in [0.29, 0.717) is 6.54 Å². The highest BCUT2D eigenvalue weighted by molar-refractivity contribution is 5.22. The molecule has 1 aromatic rings. The van der Waals surface area contributed by atoms with Crippen molar-refractivity contribution in [3.63, 3.8) is 0 Å². The molecule has 0 aliphatic rings. The molecule has 0 fully saturated rings. The summed E-state index contributed by atoms with van der Waals surface area (Å²) in [4.78, 5) is 2.02. The molecule has 0 aromatic heterocycles. The molecule has 5 heteroatoms. The topological polar surface area (TPSA) is 35.5 Å². The minimum Gasteiger partial charge on any atom is -0.387 e. The molecule has 0 saturated carbocycles. The largest absolute Gasteiger partial charge is 0.387 e. The lowest BCUT2D eigenvalue weighted by Gasteiger charge is -2.21. The van der Waals surface area contributed by atoms with E-state index in [-0.39, 0.29) is 18.2 Å². The zero-order valence-corrected chi connectivity index (χ0v) is 11.0. The summed E-state index contributed by atoms with van der Waals surface area (Å²) in [5.41, 5.74) is -0.275. The second-order valence-electron chi connectivity index (χ2n) is 4.62. The molecule has 0 spiro atoms. The summed E-state index contributed by atoms with van der Waals surface area (Å²) in [7, 11) is 3.89. The fourth-order valence-corrected chi connectivity index (χ4v) is 1.54. The number of hydrogen-bond acceptors (Lipinski definition) is 3.